The maximum absolute atomic E-state index is 13.8. The Morgan fingerprint density at radius 2 is 1.95 bits per heavy atom. The number of rotatable bonds is 3. The van der Waals surface area contributed by atoms with Crippen molar-refractivity contribution in [2.24, 2.45) is 0 Å². The summed E-state index contributed by atoms with van der Waals surface area (Å²) in [4.78, 5) is 14.0. The molecule has 21 heavy (non-hydrogen) atoms. The van der Waals surface area contributed by atoms with E-state index >= 15 is 0 Å². The van der Waals surface area contributed by atoms with Crippen LogP contribution in [0.4, 0.5) is 4.39 Å². The zero-order valence-electron chi connectivity index (χ0n) is 12.5. The number of hydrogen-bond donors (Lipinski definition) is 0. The van der Waals surface area contributed by atoms with Crippen molar-refractivity contribution in [1.29, 1.82) is 0 Å². The summed E-state index contributed by atoms with van der Waals surface area (Å²) < 4.78 is 19.3. The van der Waals surface area contributed by atoms with Crippen molar-refractivity contribution in [3.63, 3.8) is 0 Å². The molecule has 0 atom stereocenters. The van der Waals surface area contributed by atoms with E-state index in [0.29, 0.717) is 27.7 Å². The van der Waals surface area contributed by atoms with Gasteiger partial charge in [0, 0.05) is 29.7 Å². The zero-order valence-corrected chi connectivity index (χ0v) is 13.2. The highest BCUT2D eigenvalue weighted by Crippen LogP contribution is 2.24. The van der Waals surface area contributed by atoms with Crippen LogP contribution in [0.2, 0.25) is 5.02 Å². The SMILES string of the molecule is Cc1oc(C)c(C(=O)N(C)Cc2c(F)cccc2Cl)c1C. The molecule has 0 radical (unpaired) electrons. The molecule has 0 aliphatic carbocycles. The number of carbonyl (C=O) groups is 1. The molecule has 1 aromatic carbocycles. The lowest BCUT2D eigenvalue weighted by Crippen LogP contribution is -2.27. The van der Waals surface area contributed by atoms with Crippen molar-refractivity contribution in [3.05, 3.63) is 57.2 Å². The third kappa shape index (κ3) is 2.95. The van der Waals surface area contributed by atoms with Gasteiger partial charge in [0.25, 0.3) is 5.91 Å². The molecule has 0 N–H and O–H groups in total. The summed E-state index contributed by atoms with van der Waals surface area (Å²) in [5.41, 5.74) is 1.65. The largest absolute Gasteiger partial charge is 0.466 e. The van der Waals surface area contributed by atoms with Crippen LogP contribution in [0.25, 0.3) is 0 Å². The van der Waals surface area contributed by atoms with Gasteiger partial charge in [0.1, 0.15) is 17.3 Å². The van der Waals surface area contributed by atoms with E-state index in [-0.39, 0.29) is 12.5 Å². The van der Waals surface area contributed by atoms with Gasteiger partial charge >= 0.3 is 0 Å². The predicted molar refractivity (Wildman–Crippen MR) is 80.1 cm³/mol. The van der Waals surface area contributed by atoms with Crippen molar-refractivity contribution in [1.82, 2.24) is 4.90 Å². The molecular formula is C16H17ClFNO2. The zero-order chi connectivity index (χ0) is 15.7. The summed E-state index contributed by atoms with van der Waals surface area (Å²) in [6.07, 6.45) is 0. The number of hydrogen-bond acceptors (Lipinski definition) is 2. The van der Waals surface area contributed by atoms with Crippen LogP contribution in [0.3, 0.4) is 0 Å². The number of nitrogens with zero attached hydrogens (tertiary/aromatic N) is 1. The minimum Gasteiger partial charge on any atom is -0.466 e. The molecule has 1 heterocycles. The van der Waals surface area contributed by atoms with Crippen LogP contribution in [0.15, 0.2) is 22.6 Å². The average Bonchev–Trinajstić information content (AvgIpc) is 2.67. The summed E-state index contributed by atoms with van der Waals surface area (Å²) in [6, 6.07) is 4.48. The minimum atomic E-state index is -0.418. The standard InChI is InChI=1S/C16H17ClFNO2/c1-9-10(2)21-11(3)15(9)16(20)19(4)8-12-13(17)6-5-7-14(12)18/h5-7H,8H2,1-4H3. The van der Waals surface area contributed by atoms with Gasteiger partial charge in [-0.25, -0.2) is 4.39 Å². The van der Waals surface area contributed by atoms with Crippen LogP contribution in [-0.4, -0.2) is 17.9 Å². The van der Waals surface area contributed by atoms with Gasteiger partial charge in [-0.1, -0.05) is 17.7 Å². The summed E-state index contributed by atoms with van der Waals surface area (Å²) in [5.74, 6) is 0.662. The molecule has 0 unspecified atom stereocenters. The van der Waals surface area contributed by atoms with E-state index in [1.54, 1.807) is 20.0 Å². The molecule has 2 rings (SSSR count). The van der Waals surface area contributed by atoms with Crippen molar-refractivity contribution >= 4 is 17.5 Å². The highest BCUT2D eigenvalue weighted by atomic mass is 35.5. The number of aryl methyl sites for hydroxylation is 2. The van der Waals surface area contributed by atoms with E-state index in [2.05, 4.69) is 0 Å². The van der Waals surface area contributed by atoms with Crippen LogP contribution in [-0.2, 0) is 6.54 Å². The van der Waals surface area contributed by atoms with Gasteiger partial charge in [0.15, 0.2) is 0 Å². The first kappa shape index (κ1) is 15.6. The molecule has 0 saturated carbocycles. The van der Waals surface area contributed by atoms with Gasteiger partial charge in [-0.05, 0) is 32.9 Å². The van der Waals surface area contributed by atoms with E-state index in [9.17, 15) is 9.18 Å². The van der Waals surface area contributed by atoms with Gasteiger partial charge in [0.2, 0.25) is 0 Å². The Hall–Kier alpha value is -1.81. The Balaban J connectivity index is 2.28. The third-order valence-corrected chi connectivity index (χ3v) is 3.93. The highest BCUT2D eigenvalue weighted by molar-refractivity contribution is 6.31. The molecule has 1 amide bonds. The Kier molecular flexibility index (Phi) is 4.37. The Morgan fingerprint density at radius 1 is 1.29 bits per heavy atom. The Labute approximate surface area is 128 Å². The van der Waals surface area contributed by atoms with Gasteiger partial charge in [-0.15, -0.1) is 0 Å². The first-order valence-electron chi connectivity index (χ1n) is 6.57. The van der Waals surface area contributed by atoms with Gasteiger partial charge in [-0.2, -0.15) is 0 Å². The maximum atomic E-state index is 13.8. The smallest absolute Gasteiger partial charge is 0.257 e. The van der Waals surface area contributed by atoms with Crippen LogP contribution in [0.5, 0.6) is 0 Å². The molecule has 0 spiro atoms. The fraction of sp³-hybridized carbons (Fsp3) is 0.312. The lowest BCUT2D eigenvalue weighted by molar-refractivity contribution is 0.0781. The van der Waals surface area contributed by atoms with Crippen LogP contribution in [0, 0.1) is 26.6 Å². The summed E-state index contributed by atoms with van der Waals surface area (Å²) in [6.45, 7) is 5.50. The van der Waals surface area contributed by atoms with E-state index in [1.165, 1.54) is 17.0 Å². The number of carbonyl (C=O) groups excluding carboxylic acids is 1. The molecular weight excluding hydrogens is 293 g/mol. The van der Waals surface area contributed by atoms with Gasteiger partial charge in [0.05, 0.1) is 5.56 Å². The summed E-state index contributed by atoms with van der Waals surface area (Å²) in [5, 5.41) is 0.312. The van der Waals surface area contributed by atoms with E-state index < -0.39 is 5.82 Å². The van der Waals surface area contributed by atoms with Gasteiger partial charge in [-0.3, -0.25) is 4.79 Å². The summed E-state index contributed by atoms with van der Waals surface area (Å²) in [7, 11) is 1.62. The Morgan fingerprint density at radius 3 is 2.48 bits per heavy atom. The maximum Gasteiger partial charge on any atom is 0.257 e. The van der Waals surface area contributed by atoms with Crippen molar-refractivity contribution in [3.8, 4) is 0 Å². The van der Waals surface area contributed by atoms with Crippen molar-refractivity contribution in [2.75, 3.05) is 7.05 Å². The van der Waals surface area contributed by atoms with Crippen molar-refractivity contribution in [2.45, 2.75) is 27.3 Å². The molecule has 0 aliphatic heterocycles. The molecule has 0 fully saturated rings. The monoisotopic (exact) mass is 309 g/mol. The first-order chi connectivity index (χ1) is 9.82. The topological polar surface area (TPSA) is 33.5 Å². The number of halogens is 2. The highest BCUT2D eigenvalue weighted by Gasteiger charge is 2.23. The molecule has 0 aliphatic rings. The molecule has 0 saturated heterocycles. The average molecular weight is 310 g/mol. The van der Waals surface area contributed by atoms with Crippen LogP contribution in [0.1, 0.15) is 33.0 Å². The first-order valence-corrected chi connectivity index (χ1v) is 6.95. The van der Waals surface area contributed by atoms with Crippen LogP contribution < -0.4 is 0 Å². The second kappa shape index (κ2) is 5.90. The second-order valence-electron chi connectivity index (χ2n) is 5.08. The molecule has 2 aromatic rings. The fourth-order valence-corrected chi connectivity index (χ4v) is 2.51. The lowest BCUT2D eigenvalue weighted by Gasteiger charge is -2.18. The number of furan rings is 1. The summed E-state index contributed by atoms with van der Waals surface area (Å²) >= 11 is 5.99. The van der Waals surface area contributed by atoms with E-state index in [0.717, 1.165) is 5.56 Å². The fourth-order valence-electron chi connectivity index (χ4n) is 2.29. The number of benzene rings is 1. The number of amides is 1. The lowest BCUT2D eigenvalue weighted by atomic mass is 10.1. The Bertz CT molecular complexity index is 674. The molecule has 0 bridgehead atoms. The third-order valence-electron chi connectivity index (χ3n) is 3.58. The van der Waals surface area contributed by atoms with Crippen molar-refractivity contribution < 1.29 is 13.6 Å². The van der Waals surface area contributed by atoms with E-state index in [1.807, 2.05) is 13.8 Å². The van der Waals surface area contributed by atoms with Gasteiger partial charge < -0.3 is 9.32 Å². The molecule has 5 heteroatoms. The molecule has 112 valence electrons. The molecule has 1 aromatic heterocycles. The minimum absolute atomic E-state index is 0.105. The molecule has 3 nitrogen and oxygen atoms in total. The van der Waals surface area contributed by atoms with Crippen LogP contribution >= 0.6 is 11.6 Å². The second-order valence-corrected chi connectivity index (χ2v) is 5.48. The predicted octanol–water partition coefficient (Wildman–Crippen LogP) is 4.27. The van der Waals surface area contributed by atoms with E-state index in [4.69, 9.17) is 16.0 Å². The normalized spacial score (nSPS) is 10.8. The quantitative estimate of drug-likeness (QED) is 0.848.